The van der Waals surface area contributed by atoms with Crippen LogP contribution < -0.4 is 20.5 Å². The molecule has 0 aliphatic heterocycles. The molecule has 0 saturated carbocycles. The van der Waals surface area contributed by atoms with Crippen molar-refractivity contribution in [3.63, 3.8) is 0 Å². The molecule has 0 saturated heterocycles. The molecule has 3 aromatic rings. The molecule has 0 bridgehead atoms. The Morgan fingerprint density at radius 1 is 1.15 bits per heavy atom. The van der Waals surface area contributed by atoms with Gasteiger partial charge in [-0.15, -0.1) is 0 Å². The summed E-state index contributed by atoms with van der Waals surface area (Å²) < 4.78 is 10.8. The molecule has 0 fully saturated rings. The molecule has 138 valence electrons. The zero-order valence-corrected chi connectivity index (χ0v) is 15.3. The number of pyridine rings is 1. The molecular weight excluding hydrogens is 344 g/mol. The van der Waals surface area contributed by atoms with Gasteiger partial charge >= 0.3 is 0 Å². The highest BCUT2D eigenvalue weighted by molar-refractivity contribution is 6.13. The molecule has 7 nitrogen and oxygen atoms in total. The van der Waals surface area contributed by atoms with E-state index >= 15 is 0 Å². The fourth-order valence-corrected chi connectivity index (χ4v) is 2.92. The van der Waals surface area contributed by atoms with Crippen molar-refractivity contribution in [1.82, 2.24) is 10.3 Å². The first kappa shape index (κ1) is 18.2. The van der Waals surface area contributed by atoms with Crippen molar-refractivity contribution in [3.05, 3.63) is 53.6 Å². The molecule has 1 amide bonds. The molecule has 7 heteroatoms. The average Bonchev–Trinajstić information content (AvgIpc) is 2.66. The van der Waals surface area contributed by atoms with Crippen LogP contribution in [0.2, 0.25) is 0 Å². The highest BCUT2D eigenvalue weighted by Gasteiger charge is 2.19. The van der Waals surface area contributed by atoms with Crippen LogP contribution in [0.4, 0.5) is 0 Å². The highest BCUT2D eigenvalue weighted by atomic mass is 16.5. The Bertz CT molecular complexity index is 1050. The zero-order chi connectivity index (χ0) is 19.6. The standard InChI is InChI=1S/C20H20N4O3/c1-11-6-4-5-7-13(11)16-10-15(19(25)24-20(21)22)14-8-12(26-2)9-17(27-3)18(14)23-16/h4-10H,1-3H3,(H4,21,22,24,25). The van der Waals surface area contributed by atoms with E-state index in [1.165, 1.54) is 14.2 Å². The molecule has 0 atom stereocenters. The van der Waals surface area contributed by atoms with E-state index in [4.69, 9.17) is 25.6 Å². The van der Waals surface area contributed by atoms with E-state index < -0.39 is 11.9 Å². The van der Waals surface area contributed by atoms with Gasteiger partial charge in [-0.05, 0) is 24.6 Å². The van der Waals surface area contributed by atoms with Gasteiger partial charge in [-0.3, -0.25) is 15.5 Å². The molecule has 1 aromatic heterocycles. The van der Waals surface area contributed by atoms with E-state index in [0.717, 1.165) is 11.1 Å². The third-order valence-electron chi connectivity index (χ3n) is 4.22. The predicted molar refractivity (Wildman–Crippen MR) is 104 cm³/mol. The lowest BCUT2D eigenvalue weighted by atomic mass is 10.00. The van der Waals surface area contributed by atoms with E-state index in [-0.39, 0.29) is 0 Å². The van der Waals surface area contributed by atoms with Crippen molar-refractivity contribution in [1.29, 1.82) is 5.41 Å². The molecular formula is C20H20N4O3. The first-order chi connectivity index (χ1) is 12.9. The maximum absolute atomic E-state index is 12.7. The van der Waals surface area contributed by atoms with Crippen molar-refractivity contribution >= 4 is 22.8 Å². The van der Waals surface area contributed by atoms with Gasteiger partial charge in [-0.1, -0.05) is 24.3 Å². The monoisotopic (exact) mass is 364 g/mol. The summed E-state index contributed by atoms with van der Waals surface area (Å²) >= 11 is 0. The van der Waals surface area contributed by atoms with Crippen molar-refractivity contribution in [2.75, 3.05) is 14.2 Å². The van der Waals surface area contributed by atoms with E-state index in [0.29, 0.717) is 33.7 Å². The highest BCUT2D eigenvalue weighted by Crippen LogP contribution is 2.35. The number of carbonyl (C=O) groups excluding carboxylic acids is 1. The van der Waals surface area contributed by atoms with Crippen LogP contribution in [0.25, 0.3) is 22.2 Å². The number of benzene rings is 2. The first-order valence-corrected chi connectivity index (χ1v) is 8.22. The van der Waals surface area contributed by atoms with Crippen molar-refractivity contribution in [2.45, 2.75) is 6.92 Å². The van der Waals surface area contributed by atoms with Gasteiger partial charge in [0.2, 0.25) is 0 Å². The average molecular weight is 364 g/mol. The van der Waals surface area contributed by atoms with Crippen LogP contribution in [0.5, 0.6) is 11.5 Å². The van der Waals surface area contributed by atoms with Crippen LogP contribution in [0, 0.1) is 12.3 Å². The van der Waals surface area contributed by atoms with Gasteiger partial charge < -0.3 is 15.2 Å². The Balaban J connectivity index is 2.36. The summed E-state index contributed by atoms with van der Waals surface area (Å²) in [4.78, 5) is 17.4. The number of nitrogens with zero attached hydrogens (tertiary/aromatic N) is 1. The summed E-state index contributed by atoms with van der Waals surface area (Å²) in [7, 11) is 3.07. The number of hydrogen-bond acceptors (Lipinski definition) is 5. The molecule has 27 heavy (non-hydrogen) atoms. The molecule has 0 unspecified atom stereocenters. The topological polar surface area (TPSA) is 110 Å². The molecule has 0 radical (unpaired) electrons. The quantitative estimate of drug-likeness (QED) is 0.487. The van der Waals surface area contributed by atoms with E-state index in [9.17, 15) is 4.79 Å². The minimum Gasteiger partial charge on any atom is -0.497 e. The van der Waals surface area contributed by atoms with E-state index in [1.807, 2.05) is 31.2 Å². The second-order valence-electron chi connectivity index (χ2n) is 5.96. The SMILES string of the molecule is COc1cc(OC)c2nc(-c3ccccc3C)cc(C(=O)NC(=N)N)c2c1. The van der Waals surface area contributed by atoms with Gasteiger partial charge in [-0.25, -0.2) is 4.98 Å². The maximum Gasteiger partial charge on any atom is 0.258 e. The molecule has 2 aromatic carbocycles. The minimum absolute atomic E-state index is 0.325. The van der Waals surface area contributed by atoms with E-state index in [2.05, 4.69) is 5.32 Å². The number of nitrogens with two attached hydrogens (primary N) is 1. The summed E-state index contributed by atoms with van der Waals surface area (Å²) in [5, 5.41) is 10.2. The third-order valence-corrected chi connectivity index (χ3v) is 4.22. The molecule has 0 aliphatic rings. The third kappa shape index (κ3) is 3.52. The number of amides is 1. The maximum atomic E-state index is 12.7. The van der Waals surface area contributed by atoms with Crippen LogP contribution in [0.15, 0.2) is 42.5 Å². The lowest BCUT2D eigenvalue weighted by molar-refractivity contribution is 0.0978. The molecule has 0 aliphatic carbocycles. The second-order valence-corrected chi connectivity index (χ2v) is 5.96. The number of guanidine groups is 1. The van der Waals surface area contributed by atoms with Gasteiger partial charge in [0.05, 0.1) is 25.5 Å². The Labute approximate surface area is 156 Å². The number of nitrogens with one attached hydrogen (secondary N) is 2. The van der Waals surface area contributed by atoms with Crippen molar-refractivity contribution in [2.24, 2.45) is 5.73 Å². The van der Waals surface area contributed by atoms with Crippen LogP contribution in [-0.4, -0.2) is 31.1 Å². The van der Waals surface area contributed by atoms with E-state index in [1.54, 1.807) is 18.2 Å². The van der Waals surface area contributed by atoms with Gasteiger partial charge in [0.25, 0.3) is 5.91 Å². The summed E-state index contributed by atoms with van der Waals surface area (Å²) in [6, 6.07) is 12.9. The van der Waals surface area contributed by atoms with Crippen LogP contribution >= 0.6 is 0 Å². The summed E-state index contributed by atoms with van der Waals surface area (Å²) in [6.07, 6.45) is 0. The summed E-state index contributed by atoms with van der Waals surface area (Å²) in [5.74, 6) is 0.0793. The van der Waals surface area contributed by atoms with Crippen LogP contribution in [0.3, 0.4) is 0 Å². The predicted octanol–water partition coefficient (Wildman–Crippen LogP) is 2.85. The minimum atomic E-state index is -0.500. The Hall–Kier alpha value is -3.61. The number of methoxy groups -OCH3 is 2. The number of hydrogen-bond donors (Lipinski definition) is 3. The lowest BCUT2D eigenvalue weighted by Gasteiger charge is -2.14. The van der Waals surface area contributed by atoms with Crippen molar-refractivity contribution < 1.29 is 14.3 Å². The first-order valence-electron chi connectivity index (χ1n) is 8.22. The van der Waals surface area contributed by atoms with Gasteiger partial charge in [-0.2, -0.15) is 0 Å². The fraction of sp³-hybridized carbons (Fsp3) is 0.150. The van der Waals surface area contributed by atoms with Crippen LogP contribution in [-0.2, 0) is 0 Å². The van der Waals surface area contributed by atoms with Gasteiger partial charge in [0, 0.05) is 17.0 Å². The number of rotatable bonds is 4. The number of ether oxygens (including phenoxy) is 2. The number of fused-ring (bicyclic) bond motifs is 1. The number of aromatic nitrogens is 1. The smallest absolute Gasteiger partial charge is 0.258 e. The molecule has 1 heterocycles. The molecule has 4 N–H and O–H groups in total. The molecule has 0 spiro atoms. The fourth-order valence-electron chi connectivity index (χ4n) is 2.92. The van der Waals surface area contributed by atoms with Gasteiger partial charge in [0.15, 0.2) is 5.96 Å². The Morgan fingerprint density at radius 3 is 2.52 bits per heavy atom. The van der Waals surface area contributed by atoms with Gasteiger partial charge in [0.1, 0.15) is 17.0 Å². The Kier molecular flexibility index (Phi) is 4.94. The normalized spacial score (nSPS) is 10.5. The number of carbonyl (C=O) groups is 1. The largest absolute Gasteiger partial charge is 0.497 e. The molecule has 3 rings (SSSR count). The second kappa shape index (κ2) is 7.33. The Morgan fingerprint density at radius 2 is 1.89 bits per heavy atom. The lowest BCUT2D eigenvalue weighted by Crippen LogP contribution is -2.35. The summed E-state index contributed by atoms with van der Waals surface area (Å²) in [5.41, 5.74) is 8.74. The summed E-state index contributed by atoms with van der Waals surface area (Å²) in [6.45, 7) is 1.97. The zero-order valence-electron chi connectivity index (χ0n) is 15.3. The van der Waals surface area contributed by atoms with Crippen molar-refractivity contribution in [3.8, 4) is 22.8 Å². The van der Waals surface area contributed by atoms with Crippen LogP contribution in [0.1, 0.15) is 15.9 Å². The number of aryl methyl sites for hydroxylation is 1.